The molecule has 0 radical (unpaired) electrons. The Morgan fingerprint density at radius 1 is 1.00 bits per heavy atom. The molecule has 2 amide bonds. The number of methoxy groups -OCH3 is 1. The molecule has 36 heavy (non-hydrogen) atoms. The fraction of sp³-hybridized carbons (Fsp3) is 0.333. The number of likely N-dealkylation sites (N-methyl/N-ethyl adjacent to an activating group) is 1. The highest BCUT2D eigenvalue weighted by atomic mass is 32.2. The molecule has 1 atom stereocenters. The Labute approximate surface area is 212 Å². The lowest BCUT2D eigenvalue weighted by molar-refractivity contribution is -0.140. The van der Waals surface area contributed by atoms with Crippen molar-refractivity contribution in [2.24, 2.45) is 0 Å². The number of carbonyl (C=O) groups excluding carboxylic acids is 2. The lowest BCUT2D eigenvalue weighted by atomic mass is 10.1. The van der Waals surface area contributed by atoms with Crippen molar-refractivity contribution in [1.82, 2.24) is 14.5 Å². The Bertz CT molecular complexity index is 1330. The van der Waals surface area contributed by atoms with Gasteiger partial charge in [0.2, 0.25) is 21.8 Å². The van der Waals surface area contributed by atoms with Crippen molar-refractivity contribution in [2.45, 2.75) is 37.8 Å². The number of amides is 2. The normalized spacial score (nSPS) is 12.4. The van der Waals surface area contributed by atoms with Gasteiger partial charge in [-0.3, -0.25) is 9.59 Å². The van der Waals surface area contributed by atoms with Crippen LogP contribution in [0.5, 0.6) is 5.75 Å². The molecule has 0 aliphatic heterocycles. The van der Waals surface area contributed by atoms with Crippen molar-refractivity contribution >= 4 is 32.6 Å². The van der Waals surface area contributed by atoms with Gasteiger partial charge in [0.15, 0.2) is 0 Å². The third kappa shape index (κ3) is 6.41. The van der Waals surface area contributed by atoms with Crippen molar-refractivity contribution in [3.8, 4) is 5.75 Å². The van der Waals surface area contributed by atoms with Crippen LogP contribution in [0, 0.1) is 0 Å². The van der Waals surface area contributed by atoms with E-state index in [1.807, 2.05) is 37.3 Å². The average molecular weight is 512 g/mol. The minimum atomic E-state index is -3.94. The van der Waals surface area contributed by atoms with Crippen molar-refractivity contribution < 1.29 is 22.7 Å². The predicted molar refractivity (Wildman–Crippen MR) is 140 cm³/mol. The van der Waals surface area contributed by atoms with Gasteiger partial charge in [-0.25, -0.2) is 8.42 Å². The van der Waals surface area contributed by atoms with Crippen LogP contribution in [0.15, 0.2) is 71.6 Å². The first-order chi connectivity index (χ1) is 17.2. The van der Waals surface area contributed by atoms with Crippen molar-refractivity contribution in [1.29, 1.82) is 0 Å². The summed E-state index contributed by atoms with van der Waals surface area (Å²) in [5.41, 5.74) is 0.762. The lowest BCUT2D eigenvalue weighted by Gasteiger charge is -2.30. The Kier molecular flexibility index (Phi) is 9.06. The van der Waals surface area contributed by atoms with Crippen LogP contribution in [-0.4, -0.2) is 62.7 Å². The highest BCUT2D eigenvalue weighted by Crippen LogP contribution is 2.22. The number of carbonyl (C=O) groups is 2. The van der Waals surface area contributed by atoms with Crippen LogP contribution >= 0.6 is 0 Å². The fourth-order valence-corrected chi connectivity index (χ4v) is 4.98. The molecule has 0 aliphatic rings. The zero-order valence-corrected chi connectivity index (χ0v) is 21.9. The molecule has 1 N–H and O–H groups in total. The number of benzene rings is 3. The third-order valence-corrected chi connectivity index (χ3v) is 7.79. The zero-order valence-electron chi connectivity index (χ0n) is 21.1. The molecule has 0 aromatic heterocycles. The molecule has 9 heteroatoms. The summed E-state index contributed by atoms with van der Waals surface area (Å²) in [6, 6.07) is 18.7. The second-order valence-corrected chi connectivity index (χ2v) is 10.7. The van der Waals surface area contributed by atoms with Crippen LogP contribution in [0.2, 0.25) is 0 Å². The van der Waals surface area contributed by atoms with E-state index >= 15 is 0 Å². The molecule has 8 nitrogen and oxygen atoms in total. The topological polar surface area (TPSA) is 96.0 Å². The molecule has 0 saturated carbocycles. The number of sulfonamides is 1. The van der Waals surface area contributed by atoms with E-state index in [4.69, 9.17) is 4.74 Å². The van der Waals surface area contributed by atoms with E-state index in [0.717, 1.165) is 27.1 Å². The summed E-state index contributed by atoms with van der Waals surface area (Å²) in [7, 11) is -1.02. The Hall–Kier alpha value is -3.43. The fourth-order valence-electron chi connectivity index (χ4n) is 3.82. The van der Waals surface area contributed by atoms with Crippen LogP contribution in [0.4, 0.5) is 0 Å². The van der Waals surface area contributed by atoms with Gasteiger partial charge >= 0.3 is 0 Å². The van der Waals surface area contributed by atoms with Gasteiger partial charge in [0.25, 0.3) is 0 Å². The largest absolute Gasteiger partial charge is 0.497 e. The first kappa shape index (κ1) is 27.2. The average Bonchev–Trinajstić information content (AvgIpc) is 2.89. The molecule has 0 bridgehead atoms. The second kappa shape index (κ2) is 12.0. The van der Waals surface area contributed by atoms with E-state index in [9.17, 15) is 18.0 Å². The van der Waals surface area contributed by atoms with E-state index < -0.39 is 28.5 Å². The molecule has 0 spiro atoms. The molecule has 0 heterocycles. The van der Waals surface area contributed by atoms with Gasteiger partial charge in [0.05, 0.1) is 18.6 Å². The monoisotopic (exact) mass is 511 g/mol. The van der Waals surface area contributed by atoms with Gasteiger partial charge in [0, 0.05) is 20.1 Å². The van der Waals surface area contributed by atoms with Crippen molar-refractivity contribution in [3.05, 3.63) is 72.3 Å². The predicted octanol–water partition coefficient (Wildman–Crippen LogP) is 3.41. The van der Waals surface area contributed by atoms with Gasteiger partial charge in [-0.2, -0.15) is 4.31 Å². The maximum absolute atomic E-state index is 13.4. The van der Waals surface area contributed by atoms with Gasteiger partial charge in [-0.15, -0.1) is 0 Å². The van der Waals surface area contributed by atoms with Gasteiger partial charge < -0.3 is 15.0 Å². The molecule has 192 valence electrons. The molecular weight excluding hydrogens is 478 g/mol. The molecule has 3 rings (SSSR count). The van der Waals surface area contributed by atoms with Crippen molar-refractivity contribution in [3.63, 3.8) is 0 Å². The summed E-state index contributed by atoms with van der Waals surface area (Å²) >= 11 is 0. The van der Waals surface area contributed by atoms with E-state index in [1.54, 1.807) is 44.4 Å². The zero-order chi connectivity index (χ0) is 26.3. The summed E-state index contributed by atoms with van der Waals surface area (Å²) in [4.78, 5) is 27.7. The van der Waals surface area contributed by atoms with Gasteiger partial charge in [-0.1, -0.05) is 49.4 Å². The SMILES string of the molecule is CCCNC(=O)[C@H](C)N(Cc1cccc(OC)c1)C(=O)CN(C)S(=O)(=O)c1ccc2ccccc2c1. The van der Waals surface area contributed by atoms with Gasteiger partial charge in [-0.05, 0) is 53.9 Å². The molecule has 0 aliphatic carbocycles. The van der Waals surface area contributed by atoms with Crippen LogP contribution in [0.1, 0.15) is 25.8 Å². The number of hydrogen-bond acceptors (Lipinski definition) is 5. The number of hydrogen-bond donors (Lipinski definition) is 1. The molecule has 0 unspecified atom stereocenters. The molecule has 0 saturated heterocycles. The van der Waals surface area contributed by atoms with Crippen LogP contribution in [-0.2, 0) is 26.2 Å². The second-order valence-electron chi connectivity index (χ2n) is 8.61. The van der Waals surface area contributed by atoms with E-state index in [-0.39, 0.29) is 17.3 Å². The highest BCUT2D eigenvalue weighted by molar-refractivity contribution is 7.89. The van der Waals surface area contributed by atoms with Crippen LogP contribution in [0.25, 0.3) is 10.8 Å². The smallest absolute Gasteiger partial charge is 0.243 e. The van der Waals surface area contributed by atoms with Gasteiger partial charge in [0.1, 0.15) is 11.8 Å². The third-order valence-electron chi connectivity index (χ3n) is 5.99. The molecule has 3 aromatic carbocycles. The molecule has 0 fully saturated rings. The van der Waals surface area contributed by atoms with E-state index in [1.165, 1.54) is 18.0 Å². The standard InChI is InChI=1S/C27H33N3O5S/c1-5-15-28-27(32)20(2)30(18-21-9-8-12-24(16-21)35-4)26(31)19-29(3)36(33,34)25-14-13-22-10-6-7-11-23(22)17-25/h6-14,16-17,20H,5,15,18-19H2,1-4H3,(H,28,32)/t20-/m0/s1. The molecule has 3 aromatic rings. The summed E-state index contributed by atoms with van der Waals surface area (Å²) in [5.74, 6) is -0.157. The maximum atomic E-state index is 13.4. The molecular formula is C27H33N3O5S. The Balaban J connectivity index is 1.85. The highest BCUT2D eigenvalue weighted by Gasteiger charge is 2.30. The Morgan fingerprint density at radius 3 is 2.42 bits per heavy atom. The summed E-state index contributed by atoms with van der Waals surface area (Å²) in [5, 5.41) is 4.53. The Morgan fingerprint density at radius 2 is 1.72 bits per heavy atom. The minimum absolute atomic E-state index is 0.101. The van der Waals surface area contributed by atoms with E-state index in [0.29, 0.717) is 12.3 Å². The number of ether oxygens (including phenoxy) is 1. The lowest BCUT2D eigenvalue weighted by Crippen LogP contribution is -2.50. The van der Waals surface area contributed by atoms with Crippen LogP contribution in [0.3, 0.4) is 0 Å². The summed E-state index contributed by atoms with van der Waals surface area (Å²) in [6.07, 6.45) is 0.759. The number of rotatable bonds is 11. The minimum Gasteiger partial charge on any atom is -0.497 e. The number of nitrogens with one attached hydrogen (secondary N) is 1. The van der Waals surface area contributed by atoms with E-state index in [2.05, 4.69) is 5.32 Å². The first-order valence-corrected chi connectivity index (χ1v) is 13.3. The first-order valence-electron chi connectivity index (χ1n) is 11.8. The quantitative estimate of drug-likeness (QED) is 0.426. The maximum Gasteiger partial charge on any atom is 0.243 e. The number of nitrogens with zero attached hydrogens (tertiary/aromatic N) is 2. The summed E-state index contributed by atoms with van der Waals surface area (Å²) in [6.45, 7) is 3.78. The summed E-state index contributed by atoms with van der Waals surface area (Å²) < 4.78 is 32.9. The van der Waals surface area contributed by atoms with Crippen molar-refractivity contribution in [2.75, 3.05) is 27.2 Å². The van der Waals surface area contributed by atoms with Crippen LogP contribution < -0.4 is 10.1 Å². The number of fused-ring (bicyclic) bond motifs is 1.